The van der Waals surface area contributed by atoms with E-state index >= 15 is 0 Å². The van der Waals surface area contributed by atoms with E-state index < -0.39 is 88.9 Å². The molecule has 316 valence electrons. The van der Waals surface area contributed by atoms with Crippen molar-refractivity contribution in [3.05, 3.63) is 95.1 Å². The molecule has 0 unspecified atom stereocenters. The minimum absolute atomic E-state index is 0.126. The number of nitrogens with one attached hydrogen (secondary N) is 2. The molecule has 0 aliphatic carbocycles. The Balaban J connectivity index is 0.000000307. The summed E-state index contributed by atoms with van der Waals surface area (Å²) in [6.07, 6.45) is 1.57. The van der Waals surface area contributed by atoms with Crippen LogP contribution in [0, 0.1) is 13.8 Å². The number of aryl methyl sites for hydroxylation is 2. The van der Waals surface area contributed by atoms with Crippen molar-refractivity contribution < 1.29 is 70.4 Å². The Hall–Kier alpha value is -5.21. The molecular formula is C31H31F10N5O7S4. The van der Waals surface area contributed by atoms with E-state index in [2.05, 4.69) is 15.6 Å². The number of aromatic carboxylic acids is 1. The van der Waals surface area contributed by atoms with Gasteiger partial charge in [0.25, 0.3) is 5.91 Å². The Morgan fingerprint density at radius 2 is 0.965 bits per heavy atom. The third kappa shape index (κ3) is 12.4. The van der Waals surface area contributed by atoms with Gasteiger partial charge < -0.3 is 27.2 Å². The lowest BCUT2D eigenvalue weighted by molar-refractivity contribution is 0.0695. The van der Waals surface area contributed by atoms with Crippen LogP contribution in [0.2, 0.25) is 0 Å². The number of guanidine groups is 1. The highest BCUT2D eigenvalue weighted by Gasteiger charge is 2.66. The number of nitrogens with zero attached hydrogens (tertiary/aromatic N) is 1. The maximum atomic E-state index is 13.1. The van der Waals surface area contributed by atoms with Crippen LogP contribution in [0.25, 0.3) is 0 Å². The Morgan fingerprint density at radius 1 is 0.614 bits per heavy atom. The number of carboxylic acids is 1. The van der Waals surface area contributed by atoms with Gasteiger partial charge in [0.15, 0.2) is 25.6 Å². The number of anilines is 4. The molecule has 0 atom stereocenters. The number of rotatable bonds is 10. The third-order valence-corrected chi connectivity index (χ3v) is 11.8. The van der Waals surface area contributed by atoms with Crippen molar-refractivity contribution in [3.63, 3.8) is 0 Å². The predicted octanol–water partition coefficient (Wildman–Crippen LogP) is 9.71. The van der Waals surface area contributed by atoms with E-state index in [0.29, 0.717) is 0 Å². The first-order valence-electron chi connectivity index (χ1n) is 15.0. The normalized spacial score (nSPS) is 14.6. The van der Waals surface area contributed by atoms with Crippen LogP contribution in [0.15, 0.2) is 97.4 Å². The topological polar surface area (TPSA) is 211 Å². The van der Waals surface area contributed by atoms with Gasteiger partial charge in [-0.15, -0.1) is 0 Å². The number of carbonyl (C=O) groups is 2. The highest BCUT2D eigenvalue weighted by molar-refractivity contribution is 8.46. The SMILES string of the molecule is Cc1cc(Nc2cccc(S(F)(F)(F)(F)F)c2)c(S(C)(=O)=O)cc1C(=O)N=C(N)N.Cc1cc(Nc2cccc(S(F)(F)(F)(F)F)c2)c(S(C)(=O)=O)cc1C(=O)O. The number of amides is 1. The molecule has 1 amide bonds. The summed E-state index contributed by atoms with van der Waals surface area (Å²) in [6, 6.07) is 8.38. The van der Waals surface area contributed by atoms with E-state index in [1.54, 1.807) is 0 Å². The summed E-state index contributed by atoms with van der Waals surface area (Å²) in [6.45, 7) is 2.75. The molecule has 0 aromatic heterocycles. The van der Waals surface area contributed by atoms with Crippen LogP contribution in [-0.4, -0.2) is 52.3 Å². The number of hydrogen-bond acceptors (Lipinski definition) is 8. The molecule has 4 aromatic rings. The van der Waals surface area contributed by atoms with Crippen LogP contribution >= 0.6 is 20.4 Å². The number of aliphatic imine (C=N–C) groups is 1. The number of nitrogens with two attached hydrogens (primary N) is 2. The molecule has 4 rings (SSSR count). The first kappa shape index (κ1) is 46.2. The van der Waals surface area contributed by atoms with Gasteiger partial charge >= 0.3 is 26.4 Å². The highest BCUT2D eigenvalue weighted by Crippen LogP contribution is 3.02. The van der Waals surface area contributed by atoms with E-state index in [9.17, 15) is 65.3 Å². The molecule has 0 saturated heterocycles. The highest BCUT2D eigenvalue weighted by atomic mass is 32.5. The van der Waals surface area contributed by atoms with Crippen LogP contribution in [-0.2, 0) is 19.7 Å². The fourth-order valence-corrected chi connectivity index (χ4v) is 7.82. The van der Waals surface area contributed by atoms with Gasteiger partial charge in [-0.1, -0.05) is 51.0 Å². The zero-order chi connectivity index (χ0) is 44.1. The number of carboxylic acid groups (broad SMARTS) is 1. The molecule has 0 heterocycles. The summed E-state index contributed by atoms with van der Waals surface area (Å²) in [7, 11) is -27.8. The van der Waals surface area contributed by atoms with Gasteiger partial charge in [0.1, 0.15) is 9.79 Å². The second-order valence-electron chi connectivity index (χ2n) is 12.3. The Bertz CT molecular complexity index is 2590. The number of hydrogen-bond donors (Lipinski definition) is 5. The molecule has 0 spiro atoms. The average molecular weight is 904 g/mol. The zero-order valence-corrected chi connectivity index (χ0v) is 32.6. The van der Waals surface area contributed by atoms with Gasteiger partial charge in [0, 0.05) is 29.4 Å². The second kappa shape index (κ2) is 13.4. The molecule has 0 fully saturated rings. The van der Waals surface area contributed by atoms with Crippen molar-refractivity contribution >= 4 is 80.7 Å². The summed E-state index contributed by atoms with van der Waals surface area (Å²) in [5.41, 5.74) is 8.75. The first-order chi connectivity index (χ1) is 25.2. The number of sulfone groups is 2. The lowest BCUT2D eigenvalue weighted by Crippen LogP contribution is -2.24. The van der Waals surface area contributed by atoms with Gasteiger partial charge in [0.05, 0.1) is 26.7 Å². The molecule has 7 N–H and O–H groups in total. The van der Waals surface area contributed by atoms with E-state index in [0.717, 1.165) is 61.0 Å². The van der Waals surface area contributed by atoms with Gasteiger partial charge in [-0.25, -0.2) is 21.6 Å². The molecule has 4 aromatic carbocycles. The maximum absolute atomic E-state index is 13.1. The first-order valence-corrected chi connectivity index (χ1v) is 22.6. The zero-order valence-electron chi connectivity index (χ0n) is 29.3. The molecule has 0 radical (unpaired) electrons. The molecule has 12 nitrogen and oxygen atoms in total. The third-order valence-electron chi connectivity index (χ3n) is 7.26. The molecule has 26 heteroatoms. The molecule has 0 aliphatic heterocycles. The van der Waals surface area contributed by atoms with Crippen LogP contribution in [0.4, 0.5) is 61.6 Å². The maximum Gasteiger partial charge on any atom is 0.335 e. The van der Waals surface area contributed by atoms with Crippen LogP contribution in [0.5, 0.6) is 0 Å². The van der Waals surface area contributed by atoms with E-state index in [1.165, 1.54) is 13.8 Å². The molecule has 57 heavy (non-hydrogen) atoms. The minimum atomic E-state index is -9.94. The second-order valence-corrected chi connectivity index (χ2v) is 21.0. The Kier molecular flexibility index (Phi) is 10.9. The summed E-state index contributed by atoms with van der Waals surface area (Å²) in [4.78, 5) is 21.3. The van der Waals surface area contributed by atoms with Crippen molar-refractivity contribution in [1.29, 1.82) is 0 Å². The monoisotopic (exact) mass is 903 g/mol. The van der Waals surface area contributed by atoms with Crippen molar-refractivity contribution in [2.24, 2.45) is 16.5 Å². The molecule has 0 aliphatic rings. The van der Waals surface area contributed by atoms with Crippen LogP contribution in [0.3, 0.4) is 0 Å². The summed E-state index contributed by atoms with van der Waals surface area (Å²) < 4.78 is 178. The van der Waals surface area contributed by atoms with Gasteiger partial charge in [-0.05, 0) is 85.6 Å². The van der Waals surface area contributed by atoms with E-state index in [4.69, 9.17) is 16.6 Å². The minimum Gasteiger partial charge on any atom is -0.478 e. The van der Waals surface area contributed by atoms with Crippen molar-refractivity contribution in [3.8, 4) is 0 Å². The Labute approximate surface area is 318 Å². The lowest BCUT2D eigenvalue weighted by atomic mass is 10.1. The molecule has 0 saturated carbocycles. The standard InChI is InChI=1S/C16H17F5N4O3S2.C15H14F5NO4S2/c1-9-6-13(14(29(2,27)28)8-12(9)15(26)25-16(22)23)24-10-4-3-5-11(7-10)30(17,18,19,20)21;1-9-6-13(14(26(2,24)25)8-12(9)15(22)23)21-10-4-3-5-11(7-10)27(16,17,18,19)20/h3-8,24H,1-2H3,(H4,22,23,25,26);3-8,21H,1-2H3,(H,22,23). The van der Waals surface area contributed by atoms with Crippen LogP contribution in [0.1, 0.15) is 31.8 Å². The predicted molar refractivity (Wildman–Crippen MR) is 198 cm³/mol. The largest absolute Gasteiger partial charge is 0.478 e. The van der Waals surface area contributed by atoms with Gasteiger partial charge in [0.2, 0.25) is 0 Å². The number of benzene rings is 4. The summed E-state index contributed by atoms with van der Waals surface area (Å²) in [5, 5.41) is 13.8. The Morgan fingerprint density at radius 3 is 1.28 bits per heavy atom. The lowest BCUT2D eigenvalue weighted by Gasteiger charge is -2.40. The number of halogens is 10. The summed E-state index contributed by atoms with van der Waals surface area (Å²) >= 11 is 0. The smallest absolute Gasteiger partial charge is 0.335 e. The summed E-state index contributed by atoms with van der Waals surface area (Å²) in [5.74, 6) is -2.89. The van der Waals surface area contributed by atoms with Crippen molar-refractivity contribution in [1.82, 2.24) is 0 Å². The molecular weight excluding hydrogens is 873 g/mol. The van der Waals surface area contributed by atoms with Gasteiger partial charge in [-0.2, -0.15) is 4.99 Å². The van der Waals surface area contributed by atoms with Gasteiger partial charge in [-0.3, -0.25) is 4.79 Å². The fourth-order valence-electron chi connectivity index (χ4n) is 4.76. The van der Waals surface area contributed by atoms with Crippen molar-refractivity contribution in [2.45, 2.75) is 33.4 Å². The quantitative estimate of drug-likeness (QED) is 0.0574. The van der Waals surface area contributed by atoms with Crippen LogP contribution < -0.4 is 22.1 Å². The fraction of sp³-hybridized carbons (Fsp3) is 0.129. The molecule has 0 bridgehead atoms. The van der Waals surface area contributed by atoms with E-state index in [1.807, 2.05) is 0 Å². The van der Waals surface area contributed by atoms with Crippen molar-refractivity contribution in [2.75, 3.05) is 23.1 Å². The number of carbonyl (C=O) groups excluding carboxylic acids is 1. The average Bonchev–Trinajstić information content (AvgIpc) is 2.98. The van der Waals surface area contributed by atoms with E-state index in [-0.39, 0.29) is 57.9 Å².